The first kappa shape index (κ1) is 13.7. The molecule has 0 saturated carbocycles. The number of methoxy groups -OCH3 is 1. The number of hydrogen-bond acceptors (Lipinski definition) is 3. The third-order valence-corrected chi connectivity index (χ3v) is 3.10. The van der Waals surface area contributed by atoms with Gasteiger partial charge in [-0.05, 0) is 24.3 Å². The summed E-state index contributed by atoms with van der Waals surface area (Å²) in [5.74, 6) is 0.0621. The molecule has 0 bridgehead atoms. The fraction of sp³-hybridized carbons (Fsp3) is 0.0714. The van der Waals surface area contributed by atoms with Gasteiger partial charge < -0.3 is 10.5 Å². The minimum absolute atomic E-state index is 0.242. The molecule has 0 aliphatic heterocycles. The molecule has 0 amide bonds. The summed E-state index contributed by atoms with van der Waals surface area (Å²) < 4.78 is 5.16. The third kappa shape index (κ3) is 2.83. The molecule has 19 heavy (non-hydrogen) atoms. The van der Waals surface area contributed by atoms with E-state index in [4.69, 9.17) is 33.7 Å². The summed E-state index contributed by atoms with van der Waals surface area (Å²) in [4.78, 5) is 12.4. The van der Waals surface area contributed by atoms with E-state index in [-0.39, 0.29) is 5.78 Å². The van der Waals surface area contributed by atoms with Crippen molar-refractivity contribution in [1.29, 1.82) is 0 Å². The molecule has 0 aromatic heterocycles. The van der Waals surface area contributed by atoms with Crippen LogP contribution in [0.1, 0.15) is 15.9 Å². The van der Waals surface area contributed by atoms with Crippen molar-refractivity contribution in [2.75, 3.05) is 12.8 Å². The van der Waals surface area contributed by atoms with Gasteiger partial charge in [0.2, 0.25) is 0 Å². The number of carbonyl (C=O) groups is 1. The zero-order valence-electron chi connectivity index (χ0n) is 10.1. The molecular weight excluding hydrogens is 285 g/mol. The molecule has 0 fully saturated rings. The Morgan fingerprint density at radius 3 is 2.58 bits per heavy atom. The van der Waals surface area contributed by atoms with Gasteiger partial charge in [-0.3, -0.25) is 4.79 Å². The molecule has 2 rings (SSSR count). The van der Waals surface area contributed by atoms with E-state index in [1.165, 1.54) is 19.2 Å². The van der Waals surface area contributed by atoms with Crippen LogP contribution >= 0.6 is 23.2 Å². The molecule has 0 radical (unpaired) electrons. The van der Waals surface area contributed by atoms with Crippen molar-refractivity contribution in [2.45, 2.75) is 0 Å². The average Bonchev–Trinajstić information content (AvgIpc) is 2.37. The van der Waals surface area contributed by atoms with Crippen LogP contribution in [0.5, 0.6) is 5.75 Å². The van der Waals surface area contributed by atoms with Gasteiger partial charge in [-0.1, -0.05) is 35.3 Å². The van der Waals surface area contributed by atoms with Gasteiger partial charge in [0.05, 0.1) is 17.7 Å². The Balaban J connectivity index is 2.55. The van der Waals surface area contributed by atoms with Crippen LogP contribution in [-0.4, -0.2) is 12.9 Å². The van der Waals surface area contributed by atoms with Crippen LogP contribution in [0, 0.1) is 0 Å². The van der Waals surface area contributed by atoms with Crippen LogP contribution < -0.4 is 10.5 Å². The fourth-order valence-electron chi connectivity index (χ4n) is 1.77. The number of benzene rings is 2. The van der Waals surface area contributed by atoms with E-state index in [2.05, 4.69) is 0 Å². The standard InChI is InChI=1S/C14H11Cl2NO2/c1-19-14-11(6-9(15)7-12(14)16)13(18)8-3-2-4-10(17)5-8/h2-7H,17H2,1H3. The van der Waals surface area contributed by atoms with Gasteiger partial charge in [-0.25, -0.2) is 0 Å². The number of halogens is 2. The van der Waals surface area contributed by atoms with Gasteiger partial charge in [0.25, 0.3) is 0 Å². The van der Waals surface area contributed by atoms with Crippen LogP contribution in [0.25, 0.3) is 0 Å². The van der Waals surface area contributed by atoms with Crippen LogP contribution in [0.4, 0.5) is 5.69 Å². The number of anilines is 1. The SMILES string of the molecule is COc1c(Cl)cc(Cl)cc1C(=O)c1cccc(N)c1. The first-order chi connectivity index (χ1) is 9.02. The molecule has 98 valence electrons. The minimum Gasteiger partial charge on any atom is -0.494 e. The summed E-state index contributed by atoms with van der Waals surface area (Å²) in [6, 6.07) is 9.74. The second-order valence-corrected chi connectivity index (χ2v) is 4.77. The zero-order chi connectivity index (χ0) is 14.0. The Morgan fingerprint density at radius 1 is 1.21 bits per heavy atom. The van der Waals surface area contributed by atoms with E-state index in [0.717, 1.165) is 0 Å². The van der Waals surface area contributed by atoms with E-state index in [1.54, 1.807) is 24.3 Å². The average molecular weight is 296 g/mol. The maximum absolute atomic E-state index is 12.4. The number of nitrogens with two attached hydrogens (primary N) is 1. The Kier molecular flexibility index (Phi) is 3.98. The molecule has 0 aliphatic rings. The molecule has 0 heterocycles. The fourth-order valence-corrected chi connectivity index (χ4v) is 2.34. The molecule has 5 heteroatoms. The lowest BCUT2D eigenvalue weighted by molar-refractivity contribution is 0.103. The minimum atomic E-state index is -0.242. The van der Waals surface area contributed by atoms with Gasteiger partial charge in [0.15, 0.2) is 5.78 Å². The van der Waals surface area contributed by atoms with E-state index < -0.39 is 0 Å². The Bertz CT molecular complexity index is 641. The molecule has 2 aromatic carbocycles. The second-order valence-electron chi connectivity index (χ2n) is 3.92. The number of ketones is 1. The topological polar surface area (TPSA) is 52.3 Å². The second kappa shape index (κ2) is 5.51. The van der Waals surface area contributed by atoms with Crippen molar-refractivity contribution in [3.8, 4) is 5.75 Å². The van der Waals surface area contributed by atoms with Crippen LogP contribution in [0.15, 0.2) is 36.4 Å². The number of hydrogen-bond donors (Lipinski definition) is 1. The molecule has 0 unspecified atom stereocenters. The highest BCUT2D eigenvalue weighted by atomic mass is 35.5. The number of carbonyl (C=O) groups excluding carboxylic acids is 1. The quantitative estimate of drug-likeness (QED) is 0.692. The van der Waals surface area contributed by atoms with Crippen molar-refractivity contribution in [1.82, 2.24) is 0 Å². The summed E-state index contributed by atoms with van der Waals surface area (Å²) in [6.45, 7) is 0. The Labute approximate surface area is 120 Å². The largest absolute Gasteiger partial charge is 0.494 e. The highest BCUT2D eigenvalue weighted by Gasteiger charge is 2.18. The first-order valence-electron chi connectivity index (χ1n) is 5.46. The van der Waals surface area contributed by atoms with Crippen LogP contribution in [0.3, 0.4) is 0 Å². The van der Waals surface area contributed by atoms with E-state index >= 15 is 0 Å². The maximum Gasteiger partial charge on any atom is 0.196 e. The van der Waals surface area contributed by atoms with Gasteiger partial charge in [-0.15, -0.1) is 0 Å². The van der Waals surface area contributed by atoms with Gasteiger partial charge in [0, 0.05) is 16.3 Å². The molecule has 3 nitrogen and oxygen atoms in total. The predicted octanol–water partition coefficient (Wildman–Crippen LogP) is 3.82. The Morgan fingerprint density at radius 2 is 1.95 bits per heavy atom. The predicted molar refractivity (Wildman–Crippen MR) is 77.3 cm³/mol. The van der Waals surface area contributed by atoms with Crippen molar-refractivity contribution in [2.24, 2.45) is 0 Å². The van der Waals surface area contributed by atoms with Crippen LogP contribution in [0.2, 0.25) is 10.0 Å². The van der Waals surface area contributed by atoms with Crippen molar-refractivity contribution < 1.29 is 9.53 Å². The van der Waals surface area contributed by atoms with E-state index in [1.807, 2.05) is 0 Å². The number of ether oxygens (including phenoxy) is 1. The number of nitrogen functional groups attached to an aromatic ring is 1. The molecule has 0 atom stereocenters. The van der Waals surface area contributed by atoms with E-state index in [9.17, 15) is 4.79 Å². The molecular formula is C14H11Cl2NO2. The molecule has 0 aliphatic carbocycles. The highest BCUT2D eigenvalue weighted by Crippen LogP contribution is 2.33. The van der Waals surface area contributed by atoms with Gasteiger partial charge in [0.1, 0.15) is 5.75 Å². The van der Waals surface area contributed by atoms with E-state index in [0.29, 0.717) is 32.6 Å². The van der Waals surface area contributed by atoms with Crippen molar-refractivity contribution in [3.05, 3.63) is 57.6 Å². The monoisotopic (exact) mass is 295 g/mol. The van der Waals surface area contributed by atoms with Gasteiger partial charge in [-0.2, -0.15) is 0 Å². The first-order valence-corrected chi connectivity index (χ1v) is 6.22. The summed E-state index contributed by atoms with van der Waals surface area (Å²) in [7, 11) is 1.45. The summed E-state index contributed by atoms with van der Waals surface area (Å²) in [6.07, 6.45) is 0. The molecule has 2 aromatic rings. The van der Waals surface area contributed by atoms with Crippen molar-refractivity contribution >= 4 is 34.7 Å². The highest BCUT2D eigenvalue weighted by molar-refractivity contribution is 6.36. The smallest absolute Gasteiger partial charge is 0.196 e. The normalized spacial score (nSPS) is 10.3. The maximum atomic E-state index is 12.4. The van der Waals surface area contributed by atoms with Gasteiger partial charge >= 0.3 is 0 Å². The Hall–Kier alpha value is -1.71. The lowest BCUT2D eigenvalue weighted by Crippen LogP contribution is -2.05. The third-order valence-electron chi connectivity index (χ3n) is 2.61. The molecule has 2 N–H and O–H groups in total. The lowest BCUT2D eigenvalue weighted by atomic mass is 10.0. The lowest BCUT2D eigenvalue weighted by Gasteiger charge is -2.10. The molecule has 0 spiro atoms. The molecule has 0 saturated heterocycles. The van der Waals surface area contributed by atoms with Crippen LogP contribution in [-0.2, 0) is 0 Å². The summed E-state index contributed by atoms with van der Waals surface area (Å²) in [5.41, 5.74) is 6.95. The number of rotatable bonds is 3. The summed E-state index contributed by atoms with van der Waals surface area (Å²) >= 11 is 11.9. The van der Waals surface area contributed by atoms with Crippen molar-refractivity contribution in [3.63, 3.8) is 0 Å². The zero-order valence-corrected chi connectivity index (χ0v) is 11.6. The summed E-state index contributed by atoms with van der Waals surface area (Å²) in [5, 5.41) is 0.667.